The Morgan fingerprint density at radius 2 is 1.97 bits per heavy atom. The van der Waals surface area contributed by atoms with E-state index in [1.165, 1.54) is 4.68 Å². The van der Waals surface area contributed by atoms with Gasteiger partial charge in [-0.25, -0.2) is 9.48 Å². The highest BCUT2D eigenvalue weighted by atomic mass is 16.8. The summed E-state index contributed by atoms with van der Waals surface area (Å²) in [6, 6.07) is 11.5. The number of aryl methyl sites for hydroxylation is 1. The lowest BCUT2D eigenvalue weighted by Gasteiger charge is -2.22. The third-order valence-electron chi connectivity index (χ3n) is 4.44. The predicted molar refractivity (Wildman–Crippen MR) is 106 cm³/mol. The average Bonchev–Trinajstić information content (AvgIpc) is 3.12. The van der Waals surface area contributed by atoms with E-state index in [-0.39, 0.29) is 17.4 Å². The molecule has 8 nitrogen and oxygen atoms in total. The number of rotatable bonds is 6. The molecule has 0 radical (unpaired) electrons. The van der Waals surface area contributed by atoms with Gasteiger partial charge in [0.1, 0.15) is 0 Å². The summed E-state index contributed by atoms with van der Waals surface area (Å²) in [6.07, 6.45) is -1.71. The highest BCUT2D eigenvalue weighted by molar-refractivity contribution is 6.17. The average molecular weight is 399 g/mol. The maximum atomic E-state index is 12.7. The molecule has 154 valence electrons. The normalized spacial score (nSPS) is 16.5. The summed E-state index contributed by atoms with van der Waals surface area (Å²) in [5, 5.41) is 7.38. The van der Waals surface area contributed by atoms with Crippen molar-refractivity contribution in [2.45, 2.75) is 46.4 Å². The molecule has 0 saturated heterocycles. The molecule has 3 rings (SSSR count). The van der Waals surface area contributed by atoms with Crippen LogP contribution in [0, 0.1) is 6.92 Å². The van der Waals surface area contributed by atoms with Gasteiger partial charge < -0.3 is 19.5 Å². The summed E-state index contributed by atoms with van der Waals surface area (Å²) >= 11 is 0. The van der Waals surface area contributed by atoms with Gasteiger partial charge in [0.25, 0.3) is 5.91 Å². The van der Waals surface area contributed by atoms with Crippen LogP contribution in [0.1, 0.15) is 33.4 Å². The van der Waals surface area contributed by atoms with Crippen molar-refractivity contribution in [2.24, 2.45) is 0 Å². The van der Waals surface area contributed by atoms with Crippen molar-refractivity contribution in [3.05, 3.63) is 47.9 Å². The third-order valence-corrected chi connectivity index (χ3v) is 4.44. The minimum absolute atomic E-state index is 0.141. The highest BCUT2D eigenvalue weighted by Crippen LogP contribution is 2.32. The van der Waals surface area contributed by atoms with Crippen molar-refractivity contribution < 1.29 is 23.8 Å². The van der Waals surface area contributed by atoms with E-state index in [0.29, 0.717) is 12.3 Å². The van der Waals surface area contributed by atoms with Crippen molar-refractivity contribution in [2.75, 3.05) is 6.61 Å². The summed E-state index contributed by atoms with van der Waals surface area (Å²) in [5.41, 5.74) is 1.59. The molecule has 2 aromatic rings. The van der Waals surface area contributed by atoms with Crippen molar-refractivity contribution in [3.63, 3.8) is 0 Å². The van der Waals surface area contributed by atoms with Crippen LogP contribution < -0.4 is 5.32 Å². The Kier molecular flexibility index (Phi) is 5.74. The number of nitrogens with one attached hydrogen (secondary N) is 1. The SMILES string of the molecule is CCOC(C)OC(=O)OC1=C(n2nc(-c3ccccc3)cc2C)C(=O)NC1(C)C. The Balaban J connectivity index is 1.98. The molecule has 0 aliphatic carbocycles. The second-order valence-corrected chi connectivity index (χ2v) is 7.20. The maximum absolute atomic E-state index is 12.7. The van der Waals surface area contributed by atoms with Gasteiger partial charge in [-0.1, -0.05) is 30.3 Å². The number of hydrogen-bond donors (Lipinski definition) is 1. The summed E-state index contributed by atoms with van der Waals surface area (Å²) < 4.78 is 17.2. The van der Waals surface area contributed by atoms with Crippen LogP contribution >= 0.6 is 0 Å². The molecule has 1 N–H and O–H groups in total. The first-order valence-electron chi connectivity index (χ1n) is 9.42. The van der Waals surface area contributed by atoms with Gasteiger partial charge in [0.15, 0.2) is 11.5 Å². The molecular weight excluding hydrogens is 374 g/mol. The zero-order chi connectivity index (χ0) is 21.2. The van der Waals surface area contributed by atoms with Crippen LogP contribution in [0.4, 0.5) is 4.79 Å². The monoisotopic (exact) mass is 399 g/mol. The number of aromatic nitrogens is 2. The van der Waals surface area contributed by atoms with Crippen molar-refractivity contribution in [3.8, 4) is 11.3 Å². The molecule has 1 aliphatic rings. The molecule has 2 heterocycles. The summed E-state index contributed by atoms with van der Waals surface area (Å²) in [7, 11) is 0. The standard InChI is InChI=1S/C21H25N3O5/c1-6-27-14(3)28-20(26)29-18-17(19(25)22-21(18,4)5)24-13(2)12-16(23-24)15-10-8-7-9-11-15/h7-12,14H,6H2,1-5H3,(H,22,25). The first-order chi connectivity index (χ1) is 13.7. The molecule has 1 aromatic carbocycles. The number of ether oxygens (including phenoxy) is 3. The molecular formula is C21H25N3O5. The fourth-order valence-electron chi connectivity index (χ4n) is 3.13. The Morgan fingerprint density at radius 1 is 1.28 bits per heavy atom. The van der Waals surface area contributed by atoms with Crippen LogP contribution in [-0.2, 0) is 19.0 Å². The van der Waals surface area contributed by atoms with Crippen molar-refractivity contribution >= 4 is 17.8 Å². The van der Waals surface area contributed by atoms with Gasteiger partial charge in [0.05, 0.1) is 11.2 Å². The molecule has 1 unspecified atom stereocenters. The fourth-order valence-corrected chi connectivity index (χ4v) is 3.13. The molecule has 8 heteroatoms. The van der Waals surface area contributed by atoms with Crippen LogP contribution in [0.25, 0.3) is 17.0 Å². The molecule has 0 spiro atoms. The van der Waals surface area contributed by atoms with E-state index in [4.69, 9.17) is 14.2 Å². The van der Waals surface area contributed by atoms with E-state index in [1.807, 2.05) is 43.3 Å². The summed E-state index contributed by atoms with van der Waals surface area (Å²) in [6.45, 7) is 9.08. The highest BCUT2D eigenvalue weighted by Gasteiger charge is 2.43. The molecule has 0 saturated carbocycles. The lowest BCUT2D eigenvalue weighted by atomic mass is 10.1. The van der Waals surface area contributed by atoms with Crippen LogP contribution in [-0.4, -0.2) is 40.3 Å². The van der Waals surface area contributed by atoms with E-state index in [0.717, 1.165) is 11.3 Å². The van der Waals surface area contributed by atoms with Crippen LogP contribution in [0.15, 0.2) is 42.2 Å². The molecule has 0 fully saturated rings. The fraction of sp³-hybridized carbons (Fsp3) is 0.381. The Hall–Kier alpha value is -3.13. The second-order valence-electron chi connectivity index (χ2n) is 7.20. The number of amides is 1. The number of benzene rings is 1. The van der Waals surface area contributed by atoms with E-state index in [1.54, 1.807) is 27.7 Å². The lowest BCUT2D eigenvalue weighted by Crippen LogP contribution is -2.39. The molecule has 29 heavy (non-hydrogen) atoms. The van der Waals surface area contributed by atoms with E-state index < -0.39 is 18.0 Å². The lowest BCUT2D eigenvalue weighted by molar-refractivity contribution is -0.116. The zero-order valence-electron chi connectivity index (χ0n) is 17.2. The van der Waals surface area contributed by atoms with Gasteiger partial charge in [-0.2, -0.15) is 5.10 Å². The molecule has 1 aromatic heterocycles. The van der Waals surface area contributed by atoms with Gasteiger partial charge in [0.2, 0.25) is 6.29 Å². The number of carbonyl (C=O) groups is 2. The largest absolute Gasteiger partial charge is 0.516 e. The Bertz CT molecular complexity index is 946. The summed E-state index contributed by atoms with van der Waals surface area (Å²) in [5.74, 6) is -0.247. The van der Waals surface area contributed by atoms with Gasteiger partial charge in [-0.05, 0) is 40.7 Å². The minimum atomic E-state index is -0.948. The minimum Gasteiger partial charge on any atom is -0.404 e. The van der Waals surface area contributed by atoms with Crippen LogP contribution in [0.3, 0.4) is 0 Å². The van der Waals surface area contributed by atoms with E-state index >= 15 is 0 Å². The van der Waals surface area contributed by atoms with Crippen LogP contribution in [0.5, 0.6) is 0 Å². The third kappa shape index (κ3) is 4.32. The van der Waals surface area contributed by atoms with Crippen molar-refractivity contribution in [1.29, 1.82) is 0 Å². The summed E-state index contributed by atoms with van der Waals surface area (Å²) in [4.78, 5) is 25.0. The number of nitrogens with zero attached hydrogens (tertiary/aromatic N) is 2. The van der Waals surface area contributed by atoms with Crippen molar-refractivity contribution in [1.82, 2.24) is 15.1 Å². The van der Waals surface area contributed by atoms with E-state index in [2.05, 4.69) is 10.4 Å². The topological polar surface area (TPSA) is 91.7 Å². The van der Waals surface area contributed by atoms with Gasteiger partial charge in [-0.15, -0.1) is 0 Å². The zero-order valence-corrected chi connectivity index (χ0v) is 17.2. The predicted octanol–water partition coefficient (Wildman–Crippen LogP) is 3.47. The quantitative estimate of drug-likeness (QED) is 0.591. The molecule has 1 aliphatic heterocycles. The number of hydrogen-bond acceptors (Lipinski definition) is 6. The van der Waals surface area contributed by atoms with E-state index in [9.17, 15) is 9.59 Å². The molecule has 1 atom stereocenters. The first-order valence-corrected chi connectivity index (χ1v) is 9.42. The second kappa shape index (κ2) is 8.08. The van der Waals surface area contributed by atoms with Gasteiger partial charge in [0, 0.05) is 17.9 Å². The first kappa shape index (κ1) is 20.6. The van der Waals surface area contributed by atoms with Gasteiger partial charge in [-0.3, -0.25) is 4.79 Å². The Morgan fingerprint density at radius 3 is 2.62 bits per heavy atom. The maximum Gasteiger partial charge on any atom is 0.516 e. The van der Waals surface area contributed by atoms with Crippen LogP contribution in [0.2, 0.25) is 0 Å². The molecule has 1 amide bonds. The van der Waals surface area contributed by atoms with Gasteiger partial charge >= 0.3 is 6.16 Å². The number of carbonyl (C=O) groups excluding carboxylic acids is 2. The molecule has 0 bridgehead atoms. The Labute approximate surface area is 169 Å². The smallest absolute Gasteiger partial charge is 0.404 e.